The molecule has 1 unspecified atom stereocenters. The summed E-state index contributed by atoms with van der Waals surface area (Å²) in [5.74, 6) is -0.241. The lowest BCUT2D eigenvalue weighted by atomic mass is 9.99. The van der Waals surface area contributed by atoms with E-state index < -0.39 is 5.97 Å². The van der Waals surface area contributed by atoms with Crippen LogP contribution in [0.4, 0.5) is 5.82 Å². The summed E-state index contributed by atoms with van der Waals surface area (Å²) >= 11 is 0. The number of H-pyrrole nitrogens is 1. The van der Waals surface area contributed by atoms with Crippen LogP contribution in [-0.4, -0.2) is 51.2 Å². The number of aliphatic carboxylic acids is 1. The minimum Gasteiger partial charge on any atom is -0.481 e. The standard InChI is InChI=1S/C13H17N5O2/c1-17(18-6-2-3-9(7-18)13(19)20)12-10-4-5-14-11(10)15-8-16-12/h4-5,8-9H,2-3,6-7H2,1H3,(H,19,20)(H,14,15,16). The first-order valence-electron chi connectivity index (χ1n) is 6.66. The molecule has 0 aliphatic carbocycles. The molecule has 106 valence electrons. The van der Waals surface area contributed by atoms with Gasteiger partial charge < -0.3 is 10.1 Å². The molecule has 1 fully saturated rings. The molecule has 3 rings (SSSR count). The molecule has 0 radical (unpaired) electrons. The Labute approximate surface area is 116 Å². The average Bonchev–Trinajstić information content (AvgIpc) is 2.95. The van der Waals surface area contributed by atoms with Crippen LogP contribution in [0, 0.1) is 5.92 Å². The highest BCUT2D eigenvalue weighted by Crippen LogP contribution is 2.25. The summed E-state index contributed by atoms with van der Waals surface area (Å²) in [7, 11) is 1.92. The molecule has 1 saturated heterocycles. The fourth-order valence-electron chi connectivity index (χ4n) is 2.68. The van der Waals surface area contributed by atoms with Crippen LogP contribution in [0.3, 0.4) is 0 Å². The van der Waals surface area contributed by atoms with Crippen molar-refractivity contribution in [3.63, 3.8) is 0 Å². The fourth-order valence-corrected chi connectivity index (χ4v) is 2.68. The van der Waals surface area contributed by atoms with Crippen LogP contribution >= 0.6 is 0 Å². The zero-order valence-corrected chi connectivity index (χ0v) is 11.3. The number of carbonyl (C=O) groups is 1. The van der Waals surface area contributed by atoms with Gasteiger partial charge in [0, 0.05) is 26.3 Å². The highest BCUT2D eigenvalue weighted by atomic mass is 16.4. The summed E-state index contributed by atoms with van der Waals surface area (Å²) in [6, 6.07) is 1.93. The zero-order chi connectivity index (χ0) is 14.1. The lowest BCUT2D eigenvalue weighted by Crippen LogP contribution is -2.48. The largest absolute Gasteiger partial charge is 0.481 e. The van der Waals surface area contributed by atoms with Crippen molar-refractivity contribution in [2.24, 2.45) is 5.92 Å². The van der Waals surface area contributed by atoms with E-state index in [1.54, 1.807) is 0 Å². The van der Waals surface area contributed by atoms with Gasteiger partial charge in [0.05, 0.1) is 11.3 Å². The van der Waals surface area contributed by atoms with Crippen LogP contribution in [0.15, 0.2) is 18.6 Å². The van der Waals surface area contributed by atoms with Crippen LogP contribution < -0.4 is 5.01 Å². The highest BCUT2D eigenvalue weighted by molar-refractivity contribution is 5.86. The summed E-state index contributed by atoms with van der Waals surface area (Å²) in [6.07, 6.45) is 4.96. The molecule has 0 aromatic carbocycles. The first-order valence-corrected chi connectivity index (χ1v) is 6.66. The lowest BCUT2D eigenvalue weighted by molar-refractivity contribution is -0.143. The molecule has 1 aliphatic rings. The number of hydrazine groups is 1. The molecule has 0 spiro atoms. The van der Waals surface area contributed by atoms with E-state index in [1.807, 2.05) is 29.3 Å². The van der Waals surface area contributed by atoms with Crippen LogP contribution in [-0.2, 0) is 4.79 Å². The zero-order valence-electron chi connectivity index (χ0n) is 11.3. The van der Waals surface area contributed by atoms with Gasteiger partial charge in [0.1, 0.15) is 12.0 Å². The molecule has 7 heteroatoms. The average molecular weight is 275 g/mol. The Bertz CT molecular complexity index is 626. The van der Waals surface area contributed by atoms with E-state index in [1.165, 1.54) is 6.33 Å². The van der Waals surface area contributed by atoms with E-state index in [9.17, 15) is 9.90 Å². The number of piperidine rings is 1. The topological polar surface area (TPSA) is 85.4 Å². The van der Waals surface area contributed by atoms with Gasteiger partial charge >= 0.3 is 5.97 Å². The number of fused-ring (bicyclic) bond motifs is 1. The first kappa shape index (κ1) is 12.9. The van der Waals surface area contributed by atoms with Crippen molar-refractivity contribution < 1.29 is 9.90 Å². The Morgan fingerprint density at radius 2 is 2.40 bits per heavy atom. The number of carboxylic acids is 1. The summed E-state index contributed by atoms with van der Waals surface area (Å²) in [4.78, 5) is 22.7. The molecular formula is C13H17N5O2. The second kappa shape index (κ2) is 5.09. The number of aromatic nitrogens is 3. The third kappa shape index (κ3) is 2.20. The Morgan fingerprint density at radius 1 is 1.55 bits per heavy atom. The van der Waals surface area contributed by atoms with Gasteiger partial charge in [-0.1, -0.05) is 0 Å². The maximum absolute atomic E-state index is 11.2. The molecule has 7 nitrogen and oxygen atoms in total. The first-order chi connectivity index (χ1) is 9.66. The van der Waals surface area contributed by atoms with Crippen molar-refractivity contribution in [2.45, 2.75) is 12.8 Å². The molecule has 0 bridgehead atoms. The Balaban J connectivity index is 1.86. The van der Waals surface area contributed by atoms with E-state index in [0.29, 0.717) is 6.54 Å². The third-order valence-corrected chi connectivity index (χ3v) is 3.81. The molecule has 2 aromatic heterocycles. The van der Waals surface area contributed by atoms with Gasteiger partial charge in [-0.15, -0.1) is 0 Å². The molecule has 0 saturated carbocycles. The maximum Gasteiger partial charge on any atom is 0.307 e. The van der Waals surface area contributed by atoms with E-state index >= 15 is 0 Å². The fraction of sp³-hybridized carbons (Fsp3) is 0.462. The molecule has 2 N–H and O–H groups in total. The summed E-state index contributed by atoms with van der Waals surface area (Å²) < 4.78 is 0. The van der Waals surface area contributed by atoms with Crippen LogP contribution in [0.5, 0.6) is 0 Å². The number of nitrogens with zero attached hydrogens (tertiary/aromatic N) is 4. The Kier molecular flexibility index (Phi) is 3.27. The number of aromatic amines is 1. The molecule has 3 heterocycles. The van der Waals surface area contributed by atoms with Crippen molar-refractivity contribution in [2.75, 3.05) is 25.1 Å². The van der Waals surface area contributed by atoms with E-state index in [2.05, 4.69) is 15.0 Å². The van der Waals surface area contributed by atoms with E-state index in [0.717, 1.165) is 36.2 Å². The van der Waals surface area contributed by atoms with E-state index in [4.69, 9.17) is 0 Å². The predicted octanol–water partition coefficient (Wildman–Crippen LogP) is 1.11. The van der Waals surface area contributed by atoms with Crippen LogP contribution in [0.1, 0.15) is 12.8 Å². The number of nitrogens with one attached hydrogen (secondary N) is 1. The summed E-state index contributed by atoms with van der Waals surface area (Å²) in [5.41, 5.74) is 0.786. The van der Waals surface area contributed by atoms with E-state index in [-0.39, 0.29) is 5.92 Å². The number of anilines is 1. The van der Waals surface area contributed by atoms with Gasteiger partial charge in [0.25, 0.3) is 0 Å². The van der Waals surface area contributed by atoms with Gasteiger partial charge in [0.2, 0.25) is 0 Å². The minimum absolute atomic E-state index is 0.310. The maximum atomic E-state index is 11.2. The Hall–Kier alpha value is -2.15. The number of rotatable bonds is 3. The molecule has 1 aliphatic heterocycles. The third-order valence-electron chi connectivity index (χ3n) is 3.81. The van der Waals surface area contributed by atoms with Crippen molar-refractivity contribution in [1.82, 2.24) is 20.0 Å². The smallest absolute Gasteiger partial charge is 0.307 e. The number of carboxylic acid groups (broad SMARTS) is 1. The van der Waals surface area contributed by atoms with Crippen molar-refractivity contribution in [3.8, 4) is 0 Å². The second-order valence-corrected chi connectivity index (χ2v) is 5.05. The normalized spacial score (nSPS) is 20.1. The molecule has 0 amide bonds. The lowest BCUT2D eigenvalue weighted by Gasteiger charge is -2.37. The summed E-state index contributed by atoms with van der Waals surface area (Å²) in [5, 5.41) is 14.1. The Morgan fingerprint density at radius 3 is 3.20 bits per heavy atom. The quantitative estimate of drug-likeness (QED) is 0.872. The minimum atomic E-state index is -0.724. The van der Waals surface area contributed by atoms with Crippen LogP contribution in [0.25, 0.3) is 11.0 Å². The monoisotopic (exact) mass is 275 g/mol. The van der Waals surface area contributed by atoms with Crippen molar-refractivity contribution in [1.29, 1.82) is 0 Å². The summed E-state index contributed by atoms with van der Waals surface area (Å²) in [6.45, 7) is 1.36. The van der Waals surface area contributed by atoms with Gasteiger partial charge in [-0.05, 0) is 18.9 Å². The van der Waals surface area contributed by atoms with Crippen molar-refractivity contribution in [3.05, 3.63) is 18.6 Å². The second-order valence-electron chi connectivity index (χ2n) is 5.05. The number of hydrogen-bond acceptors (Lipinski definition) is 5. The number of hydrogen-bond donors (Lipinski definition) is 2. The molecular weight excluding hydrogens is 258 g/mol. The van der Waals surface area contributed by atoms with Gasteiger partial charge in [-0.3, -0.25) is 9.80 Å². The molecule has 1 atom stereocenters. The van der Waals surface area contributed by atoms with Gasteiger partial charge in [-0.2, -0.15) is 0 Å². The van der Waals surface area contributed by atoms with Gasteiger partial charge in [-0.25, -0.2) is 15.0 Å². The molecule has 20 heavy (non-hydrogen) atoms. The van der Waals surface area contributed by atoms with Crippen molar-refractivity contribution >= 4 is 22.8 Å². The highest BCUT2D eigenvalue weighted by Gasteiger charge is 2.28. The molecule has 2 aromatic rings. The van der Waals surface area contributed by atoms with Gasteiger partial charge in [0.15, 0.2) is 5.82 Å². The van der Waals surface area contributed by atoms with Crippen LogP contribution in [0.2, 0.25) is 0 Å². The predicted molar refractivity (Wildman–Crippen MR) is 74.2 cm³/mol. The SMILES string of the molecule is CN(c1ncnc2[nH]ccc12)N1CCCC(C(=O)O)C1.